The maximum Gasteiger partial charge on any atom is 0.133 e. The number of hydrogen-bond donors (Lipinski definition) is 0. The summed E-state index contributed by atoms with van der Waals surface area (Å²) in [5.41, 5.74) is 0.857. The second kappa shape index (κ2) is 8.59. The third-order valence-corrected chi connectivity index (χ3v) is 3.47. The van der Waals surface area contributed by atoms with E-state index in [0.29, 0.717) is 25.7 Å². The van der Waals surface area contributed by atoms with Gasteiger partial charge in [-0.15, -0.1) is 0 Å². The molecule has 0 aliphatic rings. The summed E-state index contributed by atoms with van der Waals surface area (Å²) in [6, 6.07) is 6.12. The van der Waals surface area contributed by atoms with Gasteiger partial charge in [0.25, 0.3) is 0 Å². The highest BCUT2D eigenvalue weighted by Gasteiger charge is 2.21. The fourth-order valence-electron chi connectivity index (χ4n) is 2.24. The van der Waals surface area contributed by atoms with Crippen molar-refractivity contribution >= 4 is 12.1 Å². The van der Waals surface area contributed by atoms with Crippen molar-refractivity contribution in [1.82, 2.24) is 0 Å². The first-order valence-electron chi connectivity index (χ1n) is 6.80. The topological polar surface area (TPSA) is 43.4 Å². The fourth-order valence-corrected chi connectivity index (χ4v) is 2.24. The molecule has 0 fully saturated rings. The SMILES string of the molecule is CO[C@H](C[C@H](CCCC=O)C(C)=O)c1ccc(F)cc1. The molecular formula is C16H21FO3. The molecule has 1 aromatic carbocycles. The van der Waals surface area contributed by atoms with Gasteiger partial charge in [-0.2, -0.15) is 0 Å². The van der Waals surface area contributed by atoms with E-state index in [-0.39, 0.29) is 23.6 Å². The van der Waals surface area contributed by atoms with Crippen LogP contribution >= 0.6 is 0 Å². The minimum atomic E-state index is -0.294. The Hall–Kier alpha value is -1.55. The summed E-state index contributed by atoms with van der Waals surface area (Å²) in [6.07, 6.45) is 3.03. The third kappa shape index (κ3) is 5.21. The van der Waals surface area contributed by atoms with Crippen LogP contribution in [0, 0.1) is 11.7 Å². The smallest absolute Gasteiger partial charge is 0.133 e. The van der Waals surface area contributed by atoms with Gasteiger partial charge in [-0.1, -0.05) is 12.1 Å². The van der Waals surface area contributed by atoms with Crippen molar-refractivity contribution in [2.45, 2.75) is 38.7 Å². The Bertz CT molecular complexity index is 428. The quantitative estimate of drug-likeness (QED) is 0.514. The molecule has 0 heterocycles. The Morgan fingerprint density at radius 3 is 2.50 bits per heavy atom. The molecule has 0 aromatic heterocycles. The maximum atomic E-state index is 12.9. The van der Waals surface area contributed by atoms with E-state index in [1.807, 2.05) is 0 Å². The van der Waals surface area contributed by atoms with E-state index in [1.54, 1.807) is 26.2 Å². The van der Waals surface area contributed by atoms with Crippen molar-refractivity contribution in [2.24, 2.45) is 5.92 Å². The predicted molar refractivity (Wildman–Crippen MR) is 74.9 cm³/mol. The molecule has 20 heavy (non-hydrogen) atoms. The Balaban J connectivity index is 2.70. The van der Waals surface area contributed by atoms with Crippen LogP contribution in [0.5, 0.6) is 0 Å². The largest absolute Gasteiger partial charge is 0.377 e. The number of methoxy groups -OCH3 is 1. The van der Waals surface area contributed by atoms with E-state index in [4.69, 9.17) is 4.74 Å². The molecule has 3 nitrogen and oxygen atoms in total. The van der Waals surface area contributed by atoms with Crippen LogP contribution in [0.25, 0.3) is 0 Å². The molecule has 110 valence electrons. The number of aldehydes is 1. The number of ketones is 1. The van der Waals surface area contributed by atoms with E-state index in [2.05, 4.69) is 0 Å². The second-order valence-corrected chi connectivity index (χ2v) is 4.92. The van der Waals surface area contributed by atoms with Gasteiger partial charge in [0.15, 0.2) is 0 Å². The van der Waals surface area contributed by atoms with Crippen LogP contribution in [0.4, 0.5) is 4.39 Å². The standard InChI is InChI=1S/C16H21FO3/c1-12(19)14(5-3-4-10-18)11-16(20-2)13-6-8-15(17)9-7-13/h6-10,14,16H,3-5,11H2,1-2H3/t14-,16+/m0/s1. The number of ether oxygens (including phenoxy) is 1. The molecule has 0 unspecified atom stereocenters. The van der Waals surface area contributed by atoms with Gasteiger partial charge in [0, 0.05) is 19.4 Å². The van der Waals surface area contributed by atoms with Gasteiger partial charge in [0.2, 0.25) is 0 Å². The minimum Gasteiger partial charge on any atom is -0.377 e. The van der Waals surface area contributed by atoms with Crippen LogP contribution in [0.2, 0.25) is 0 Å². The summed E-state index contributed by atoms with van der Waals surface area (Å²) in [7, 11) is 1.58. The van der Waals surface area contributed by atoms with Crippen molar-refractivity contribution in [3.05, 3.63) is 35.6 Å². The van der Waals surface area contributed by atoms with Gasteiger partial charge in [-0.05, 0) is 43.9 Å². The van der Waals surface area contributed by atoms with Crippen molar-refractivity contribution in [2.75, 3.05) is 7.11 Å². The molecule has 0 bridgehead atoms. The third-order valence-electron chi connectivity index (χ3n) is 3.47. The van der Waals surface area contributed by atoms with Gasteiger partial charge < -0.3 is 9.53 Å². The van der Waals surface area contributed by atoms with E-state index >= 15 is 0 Å². The minimum absolute atomic E-state index is 0.0973. The number of halogens is 1. The van der Waals surface area contributed by atoms with Crippen molar-refractivity contribution in [1.29, 1.82) is 0 Å². The number of carbonyl (C=O) groups excluding carboxylic acids is 2. The molecule has 0 radical (unpaired) electrons. The molecular weight excluding hydrogens is 259 g/mol. The first-order valence-corrected chi connectivity index (χ1v) is 6.80. The molecule has 4 heteroatoms. The summed E-state index contributed by atoms with van der Waals surface area (Å²) >= 11 is 0. The Morgan fingerprint density at radius 2 is 2.00 bits per heavy atom. The number of unbranched alkanes of at least 4 members (excludes halogenated alkanes) is 1. The van der Waals surface area contributed by atoms with E-state index < -0.39 is 0 Å². The summed E-state index contributed by atoms with van der Waals surface area (Å²) < 4.78 is 18.3. The number of benzene rings is 1. The average Bonchev–Trinajstić information content (AvgIpc) is 2.43. The van der Waals surface area contributed by atoms with Crippen molar-refractivity contribution < 1.29 is 18.7 Å². The number of hydrogen-bond acceptors (Lipinski definition) is 3. The van der Waals surface area contributed by atoms with Crippen molar-refractivity contribution in [3.8, 4) is 0 Å². The summed E-state index contributed by atoms with van der Waals surface area (Å²) in [4.78, 5) is 22.0. The van der Waals surface area contributed by atoms with Gasteiger partial charge in [0.1, 0.15) is 17.9 Å². The first kappa shape index (κ1) is 16.5. The van der Waals surface area contributed by atoms with Crippen LogP contribution in [0.15, 0.2) is 24.3 Å². The zero-order valence-electron chi connectivity index (χ0n) is 12.0. The highest BCUT2D eigenvalue weighted by atomic mass is 19.1. The molecule has 1 aromatic rings. The Kier molecular flexibility index (Phi) is 7.09. The Labute approximate surface area is 119 Å². The van der Waals surface area contributed by atoms with Crippen LogP contribution < -0.4 is 0 Å². The van der Waals surface area contributed by atoms with Crippen LogP contribution in [0.1, 0.15) is 44.3 Å². The van der Waals surface area contributed by atoms with E-state index in [9.17, 15) is 14.0 Å². The molecule has 1 rings (SSSR count). The molecule has 0 N–H and O–H groups in total. The molecule has 0 saturated heterocycles. The predicted octanol–water partition coefficient (Wildman–Crippen LogP) is 3.48. The first-order chi connectivity index (χ1) is 9.58. The highest BCUT2D eigenvalue weighted by molar-refractivity contribution is 5.78. The zero-order valence-corrected chi connectivity index (χ0v) is 12.0. The summed E-state index contributed by atoms with van der Waals surface area (Å²) in [6.45, 7) is 1.56. The monoisotopic (exact) mass is 280 g/mol. The number of rotatable bonds is 9. The Morgan fingerprint density at radius 1 is 1.35 bits per heavy atom. The van der Waals surface area contributed by atoms with Gasteiger partial charge >= 0.3 is 0 Å². The summed E-state index contributed by atoms with van der Waals surface area (Å²) in [5, 5.41) is 0. The zero-order chi connectivity index (χ0) is 15.0. The van der Waals surface area contributed by atoms with Crippen LogP contribution in [-0.4, -0.2) is 19.2 Å². The molecule has 0 saturated carbocycles. The number of carbonyl (C=O) groups is 2. The maximum absolute atomic E-state index is 12.9. The lowest BCUT2D eigenvalue weighted by molar-refractivity contribution is -0.122. The molecule has 0 spiro atoms. The fraction of sp³-hybridized carbons (Fsp3) is 0.500. The lowest BCUT2D eigenvalue weighted by atomic mass is 9.89. The highest BCUT2D eigenvalue weighted by Crippen LogP contribution is 2.28. The normalized spacial score (nSPS) is 13.8. The molecule has 0 amide bonds. The summed E-state index contributed by atoms with van der Waals surface area (Å²) in [5.74, 6) is -0.331. The number of Topliss-reactive ketones (excluding diaryl/α,β-unsaturated/α-hetero) is 1. The van der Waals surface area contributed by atoms with E-state index in [0.717, 1.165) is 11.8 Å². The average molecular weight is 280 g/mol. The second-order valence-electron chi connectivity index (χ2n) is 4.92. The molecule has 0 aliphatic heterocycles. The lowest BCUT2D eigenvalue weighted by Crippen LogP contribution is -2.16. The molecule has 2 atom stereocenters. The van der Waals surface area contributed by atoms with Crippen molar-refractivity contribution in [3.63, 3.8) is 0 Å². The van der Waals surface area contributed by atoms with Gasteiger partial charge in [0.05, 0.1) is 6.10 Å². The van der Waals surface area contributed by atoms with Gasteiger partial charge in [-0.3, -0.25) is 4.79 Å². The van der Waals surface area contributed by atoms with Crippen LogP contribution in [-0.2, 0) is 14.3 Å². The lowest BCUT2D eigenvalue weighted by Gasteiger charge is -2.21. The van der Waals surface area contributed by atoms with Gasteiger partial charge in [-0.25, -0.2) is 4.39 Å². The van der Waals surface area contributed by atoms with Crippen LogP contribution in [0.3, 0.4) is 0 Å². The molecule has 0 aliphatic carbocycles. The van der Waals surface area contributed by atoms with E-state index in [1.165, 1.54) is 12.1 Å².